The van der Waals surface area contributed by atoms with E-state index in [1.165, 1.54) is 0 Å². The minimum Gasteiger partial charge on any atom is -0.506 e. The molecule has 47 heavy (non-hydrogen) atoms. The van der Waals surface area contributed by atoms with Gasteiger partial charge in [0.1, 0.15) is 11.7 Å². The number of benzene rings is 2. The van der Waals surface area contributed by atoms with E-state index < -0.39 is 64.7 Å². The van der Waals surface area contributed by atoms with Gasteiger partial charge in [0.05, 0.1) is 23.1 Å². The van der Waals surface area contributed by atoms with Crippen LogP contribution in [0.5, 0.6) is 5.75 Å². The van der Waals surface area contributed by atoms with Crippen molar-refractivity contribution in [3.8, 4) is 28.7 Å². The average molecular weight is 640 g/mol. The molecule has 2 fully saturated rings. The van der Waals surface area contributed by atoms with Crippen LogP contribution in [0.15, 0.2) is 42.0 Å². The molecule has 0 saturated heterocycles. The summed E-state index contributed by atoms with van der Waals surface area (Å²) in [4.78, 5) is 58.3. The highest BCUT2D eigenvalue weighted by atomic mass is 16.3. The molecule has 7 atom stereocenters. The second-order valence-corrected chi connectivity index (χ2v) is 13.8. The molecule has 0 heterocycles. The zero-order valence-electron chi connectivity index (χ0n) is 27.1. The number of aromatic hydroxyl groups is 1. The Labute approximate surface area is 274 Å². The predicted molar refractivity (Wildman–Crippen MR) is 176 cm³/mol. The molecular weight excluding hydrogens is 598 g/mol. The predicted octanol–water partition coefficient (Wildman–Crippen LogP) is 2.24. The van der Waals surface area contributed by atoms with Gasteiger partial charge in [0.15, 0.2) is 23.0 Å². The Morgan fingerprint density at radius 1 is 1.02 bits per heavy atom. The summed E-state index contributed by atoms with van der Waals surface area (Å²) in [5, 5.41) is 34.7. The normalized spacial score (nSPS) is 30.0. The van der Waals surface area contributed by atoms with Crippen LogP contribution in [-0.4, -0.2) is 89.4 Å². The number of nitrogens with two attached hydrogens (primary N) is 1. The van der Waals surface area contributed by atoms with E-state index in [-0.39, 0.29) is 29.7 Å². The van der Waals surface area contributed by atoms with Crippen LogP contribution in [0.1, 0.15) is 53.6 Å². The molecule has 0 radical (unpaired) electrons. The number of aliphatic hydroxyl groups excluding tert-OH is 1. The van der Waals surface area contributed by atoms with Crippen molar-refractivity contribution in [2.45, 2.75) is 56.3 Å². The minimum atomic E-state index is -2.71. The number of carbonyl (C=O) groups is 4. The highest BCUT2D eigenvalue weighted by Gasteiger charge is 2.69. The molecule has 0 spiro atoms. The van der Waals surface area contributed by atoms with Crippen molar-refractivity contribution in [3.05, 3.63) is 58.7 Å². The number of phenols is 1. The Balaban J connectivity index is 1.51. The number of allylic oxidation sites excluding steroid dienone is 2. The van der Waals surface area contributed by atoms with Crippen LogP contribution < -0.4 is 10.6 Å². The largest absolute Gasteiger partial charge is 0.506 e. The highest BCUT2D eigenvalue weighted by Crippen LogP contribution is 2.53. The van der Waals surface area contributed by atoms with Gasteiger partial charge in [-0.25, -0.2) is 0 Å². The van der Waals surface area contributed by atoms with Crippen molar-refractivity contribution >= 4 is 28.9 Å². The van der Waals surface area contributed by atoms with Crippen LogP contribution in [-0.2, 0) is 20.8 Å². The van der Waals surface area contributed by atoms with Crippen LogP contribution in [0.2, 0.25) is 0 Å². The van der Waals surface area contributed by atoms with E-state index in [2.05, 4.69) is 17.9 Å². The number of ketones is 3. The van der Waals surface area contributed by atoms with E-state index in [1.807, 2.05) is 43.3 Å². The topological polar surface area (TPSA) is 161 Å². The molecule has 0 aliphatic heterocycles. The summed E-state index contributed by atoms with van der Waals surface area (Å²) in [7, 11) is 7.12. The first-order chi connectivity index (χ1) is 22.3. The number of likely N-dealkylation sites (N-methyl/N-ethyl adjacent to an activating group) is 1. The van der Waals surface area contributed by atoms with Crippen LogP contribution in [0.3, 0.4) is 0 Å². The molecule has 1 amide bonds. The van der Waals surface area contributed by atoms with Crippen molar-refractivity contribution < 1.29 is 34.5 Å². The third kappa shape index (κ3) is 5.17. The highest BCUT2D eigenvalue weighted by molar-refractivity contribution is 6.25. The number of anilines is 1. The van der Waals surface area contributed by atoms with Gasteiger partial charge in [0, 0.05) is 31.7 Å². The monoisotopic (exact) mass is 639 g/mol. The fourth-order valence-corrected chi connectivity index (χ4v) is 8.28. The van der Waals surface area contributed by atoms with E-state index in [4.69, 9.17) is 5.73 Å². The average Bonchev–Trinajstić information content (AvgIpc) is 3.02. The summed E-state index contributed by atoms with van der Waals surface area (Å²) in [5.74, 6) is -3.17. The van der Waals surface area contributed by atoms with Crippen LogP contribution in [0.25, 0.3) is 11.1 Å². The van der Waals surface area contributed by atoms with Crippen molar-refractivity contribution in [1.82, 2.24) is 4.90 Å². The number of Topliss-reactive ketones (excluding diaryl/α,β-unsaturated/α-hetero) is 3. The summed E-state index contributed by atoms with van der Waals surface area (Å²) in [6.45, 7) is 0. The lowest BCUT2D eigenvalue weighted by atomic mass is 9.52. The fraction of sp³-hybridized carbons (Fsp3) is 0.459. The summed E-state index contributed by atoms with van der Waals surface area (Å²) in [6, 6.07) is 8.61. The molecule has 2 aromatic rings. The maximum atomic E-state index is 14.5. The van der Waals surface area contributed by atoms with E-state index in [0.29, 0.717) is 11.1 Å². The first-order valence-electron chi connectivity index (χ1n) is 16.1. The summed E-state index contributed by atoms with van der Waals surface area (Å²) < 4.78 is 0. The molecule has 2 aromatic carbocycles. The molecule has 4 aliphatic carbocycles. The Bertz CT molecular complexity index is 1770. The summed E-state index contributed by atoms with van der Waals surface area (Å²) >= 11 is 0. The minimum absolute atomic E-state index is 0.0448. The van der Waals surface area contributed by atoms with Gasteiger partial charge in [-0.15, -0.1) is 0 Å². The lowest BCUT2D eigenvalue weighted by Crippen LogP contribution is -2.75. The molecule has 5 N–H and O–H groups in total. The molecule has 10 heteroatoms. The standard InChI is InChI=1S/C37H41N3O7/c1-39(2)23-14-12-20(13-15-23)24-16-21(11-10-19-8-6-5-7-9-19)31(41)28-25(24)17-22-18-26-30(40(3)4)33(43)29(36(38)46)35(45)37(26,47)34(44)27(22)32(28)42/h8,12-16,22,26-27,29-30,33,41,43,47H,5-7,9,17-18H2,1-4H3,(H2,38,46)/t22-,26-,27?,29?,30?,33?,37-/m1/s1. The third-order valence-corrected chi connectivity index (χ3v) is 10.6. The van der Waals surface area contributed by atoms with Gasteiger partial charge in [-0.1, -0.05) is 30.0 Å². The first-order valence-corrected chi connectivity index (χ1v) is 16.1. The van der Waals surface area contributed by atoms with Gasteiger partial charge in [-0.3, -0.25) is 19.2 Å². The number of rotatable bonds is 4. The van der Waals surface area contributed by atoms with Crippen molar-refractivity contribution in [2.75, 3.05) is 33.1 Å². The number of hydrogen-bond donors (Lipinski definition) is 4. The molecule has 0 bridgehead atoms. The van der Waals surface area contributed by atoms with Crippen LogP contribution >= 0.6 is 0 Å². The molecule has 10 nitrogen and oxygen atoms in total. The quantitative estimate of drug-likeness (QED) is 0.291. The number of fused-ring (bicyclic) bond motifs is 3. The second-order valence-electron chi connectivity index (χ2n) is 13.8. The fourth-order valence-electron chi connectivity index (χ4n) is 8.28. The van der Waals surface area contributed by atoms with E-state index in [9.17, 15) is 34.5 Å². The van der Waals surface area contributed by atoms with E-state index in [1.54, 1.807) is 25.1 Å². The molecule has 246 valence electrons. The first kappa shape index (κ1) is 32.6. The number of amides is 1. The van der Waals surface area contributed by atoms with Crippen molar-refractivity contribution in [3.63, 3.8) is 0 Å². The summed E-state index contributed by atoms with van der Waals surface area (Å²) in [5.41, 5.74) is 6.98. The van der Waals surface area contributed by atoms with Gasteiger partial charge in [0.25, 0.3) is 0 Å². The Kier molecular flexibility index (Phi) is 8.37. The molecule has 4 unspecified atom stereocenters. The van der Waals surface area contributed by atoms with Crippen molar-refractivity contribution in [2.24, 2.45) is 29.4 Å². The molecule has 6 rings (SSSR count). The number of nitrogens with zero attached hydrogens (tertiary/aromatic N) is 2. The number of phenolic OH excluding ortho intramolecular Hbond substituents is 1. The smallest absolute Gasteiger partial charge is 0.230 e. The van der Waals surface area contributed by atoms with Crippen molar-refractivity contribution in [1.29, 1.82) is 0 Å². The molecular formula is C37H41N3O7. The maximum Gasteiger partial charge on any atom is 0.230 e. The van der Waals surface area contributed by atoms with E-state index >= 15 is 0 Å². The summed E-state index contributed by atoms with van der Waals surface area (Å²) in [6.07, 6.45) is 4.66. The lowest BCUT2D eigenvalue weighted by molar-refractivity contribution is -0.190. The Morgan fingerprint density at radius 3 is 2.32 bits per heavy atom. The number of hydrogen-bond acceptors (Lipinski definition) is 9. The van der Waals surface area contributed by atoms with Crippen LogP contribution in [0.4, 0.5) is 5.69 Å². The van der Waals surface area contributed by atoms with Crippen LogP contribution in [0, 0.1) is 35.5 Å². The Hall–Kier alpha value is -4.30. The Morgan fingerprint density at radius 2 is 1.72 bits per heavy atom. The second kappa shape index (κ2) is 12.1. The van der Waals surface area contributed by atoms with Gasteiger partial charge in [-0.05, 0) is 99.0 Å². The van der Waals surface area contributed by atoms with Gasteiger partial charge in [0.2, 0.25) is 5.91 Å². The number of aliphatic hydroxyl groups is 2. The molecule has 2 saturated carbocycles. The van der Waals surface area contributed by atoms with Gasteiger partial charge in [-0.2, -0.15) is 0 Å². The third-order valence-electron chi connectivity index (χ3n) is 10.6. The maximum absolute atomic E-state index is 14.5. The van der Waals surface area contributed by atoms with Gasteiger partial charge < -0.3 is 30.9 Å². The molecule has 4 aliphatic rings. The zero-order valence-corrected chi connectivity index (χ0v) is 27.1. The number of primary amides is 1. The molecule has 0 aromatic heterocycles. The number of carbonyl (C=O) groups excluding carboxylic acids is 4. The zero-order chi connectivity index (χ0) is 33.9. The SMILES string of the molecule is CN(C)c1ccc(-c2cc(C#CC3=CCCCC3)c(O)c3c2C[C@@H]2C[C@@H]4C(N(C)C)C(O)C(C(N)=O)C(=O)[C@]4(O)C(=O)C2C3=O)cc1. The lowest BCUT2D eigenvalue weighted by Gasteiger charge is -2.54. The van der Waals surface area contributed by atoms with E-state index in [0.717, 1.165) is 42.5 Å². The van der Waals surface area contributed by atoms with Gasteiger partial charge >= 0.3 is 0 Å².